The maximum Gasteiger partial charge on any atom is 0.181 e. The number of Topliss-reactive ketones (excluding diaryl/α,β-unsaturated/α-hetero) is 1. The largest absolute Gasteiger partial charge is 0.358 e. The molecular formula is C11H15NO4. The molecule has 16 heavy (non-hydrogen) atoms. The van der Waals surface area contributed by atoms with E-state index < -0.39 is 0 Å². The number of aromatic nitrogens is 1. The number of ketones is 1. The van der Waals surface area contributed by atoms with Gasteiger partial charge < -0.3 is 14.0 Å². The molecule has 0 aromatic carbocycles. The predicted molar refractivity (Wildman–Crippen MR) is 54.9 cm³/mol. The van der Waals surface area contributed by atoms with Crippen LogP contribution in [0.25, 0.3) is 0 Å². The molecule has 1 aliphatic rings. The molecule has 0 bridgehead atoms. The summed E-state index contributed by atoms with van der Waals surface area (Å²) in [4.78, 5) is 11.0. The zero-order valence-electron chi connectivity index (χ0n) is 9.27. The quantitative estimate of drug-likeness (QED) is 0.732. The normalized spacial score (nSPS) is 20.9. The molecule has 1 fully saturated rings. The third-order valence-electron chi connectivity index (χ3n) is 2.47. The molecule has 0 N–H and O–H groups in total. The van der Waals surface area contributed by atoms with Crippen LogP contribution < -0.4 is 0 Å². The van der Waals surface area contributed by atoms with Gasteiger partial charge in [0.1, 0.15) is 12.3 Å². The minimum atomic E-state index is -0.153. The van der Waals surface area contributed by atoms with Crippen molar-refractivity contribution in [3.63, 3.8) is 0 Å². The highest BCUT2D eigenvalue weighted by Gasteiger charge is 2.15. The van der Waals surface area contributed by atoms with Crippen molar-refractivity contribution in [3.05, 3.63) is 17.5 Å². The lowest BCUT2D eigenvalue weighted by molar-refractivity contribution is -0.171. The summed E-state index contributed by atoms with van der Waals surface area (Å²) in [5, 5.41) is 3.63. The van der Waals surface area contributed by atoms with Crippen LogP contribution in [0.2, 0.25) is 0 Å². The molecule has 1 saturated heterocycles. The first-order chi connectivity index (χ1) is 7.75. The van der Waals surface area contributed by atoms with E-state index in [-0.39, 0.29) is 12.1 Å². The number of carbonyl (C=O) groups is 1. The Hall–Kier alpha value is -1.20. The summed E-state index contributed by atoms with van der Waals surface area (Å²) < 4.78 is 15.9. The van der Waals surface area contributed by atoms with Crippen molar-refractivity contribution in [2.24, 2.45) is 0 Å². The van der Waals surface area contributed by atoms with Crippen LogP contribution in [0.3, 0.4) is 0 Å². The molecule has 0 aliphatic carbocycles. The van der Waals surface area contributed by atoms with Gasteiger partial charge in [0.25, 0.3) is 0 Å². The number of ether oxygens (including phenoxy) is 2. The summed E-state index contributed by atoms with van der Waals surface area (Å²) >= 11 is 0. The smallest absolute Gasteiger partial charge is 0.181 e. The number of hydrogen-bond donors (Lipinski definition) is 0. The minimum absolute atomic E-state index is 0.107. The lowest BCUT2D eigenvalue weighted by atomic mass is 10.2. The maximum absolute atomic E-state index is 11.0. The lowest BCUT2D eigenvalue weighted by Crippen LogP contribution is -2.21. The first-order valence-corrected chi connectivity index (χ1v) is 5.45. The molecule has 5 heteroatoms. The van der Waals surface area contributed by atoms with Crippen molar-refractivity contribution in [1.82, 2.24) is 5.16 Å². The summed E-state index contributed by atoms with van der Waals surface area (Å²) in [6, 6.07) is 1.60. The lowest BCUT2D eigenvalue weighted by Gasteiger charge is -2.21. The molecule has 2 rings (SSSR count). The Balaban J connectivity index is 1.81. The molecule has 1 aliphatic heterocycles. The zero-order valence-corrected chi connectivity index (χ0v) is 9.27. The van der Waals surface area contributed by atoms with Crippen LogP contribution in [-0.4, -0.2) is 23.8 Å². The Labute approximate surface area is 93.7 Å². The highest BCUT2D eigenvalue weighted by atomic mass is 16.7. The second-order valence-electron chi connectivity index (χ2n) is 3.84. The van der Waals surface area contributed by atoms with Crippen molar-refractivity contribution in [2.45, 2.75) is 39.1 Å². The molecule has 88 valence electrons. The zero-order chi connectivity index (χ0) is 11.4. The summed E-state index contributed by atoms with van der Waals surface area (Å²) in [5.41, 5.74) is 0.336. The Morgan fingerprint density at radius 3 is 3.12 bits per heavy atom. The van der Waals surface area contributed by atoms with Gasteiger partial charge >= 0.3 is 0 Å². The van der Waals surface area contributed by atoms with Crippen LogP contribution in [0.4, 0.5) is 0 Å². The van der Waals surface area contributed by atoms with Gasteiger partial charge in [-0.3, -0.25) is 4.79 Å². The van der Waals surface area contributed by atoms with Gasteiger partial charge in [0.05, 0.1) is 0 Å². The fraction of sp³-hybridized carbons (Fsp3) is 0.636. The average Bonchev–Trinajstić information content (AvgIpc) is 2.76. The molecule has 2 heterocycles. The second-order valence-corrected chi connectivity index (χ2v) is 3.84. The molecule has 1 atom stereocenters. The number of carbonyl (C=O) groups excluding carboxylic acids is 1. The second kappa shape index (κ2) is 5.23. The van der Waals surface area contributed by atoms with Crippen molar-refractivity contribution in [3.8, 4) is 0 Å². The van der Waals surface area contributed by atoms with E-state index >= 15 is 0 Å². The van der Waals surface area contributed by atoms with Gasteiger partial charge in [0, 0.05) is 19.6 Å². The summed E-state index contributed by atoms with van der Waals surface area (Å²) in [7, 11) is 0. The van der Waals surface area contributed by atoms with E-state index in [1.54, 1.807) is 6.07 Å². The van der Waals surface area contributed by atoms with Gasteiger partial charge in [-0.1, -0.05) is 5.16 Å². The third-order valence-corrected chi connectivity index (χ3v) is 2.47. The Bertz CT molecular complexity index is 355. The van der Waals surface area contributed by atoms with E-state index in [2.05, 4.69) is 5.16 Å². The highest BCUT2D eigenvalue weighted by Crippen LogP contribution is 2.16. The SMILES string of the molecule is CC(=O)c1cc(CO[C@H]2CCCCO2)on1. The molecule has 0 saturated carbocycles. The third kappa shape index (κ3) is 2.90. The molecule has 1 aromatic heterocycles. The van der Waals surface area contributed by atoms with Crippen LogP contribution in [-0.2, 0) is 16.1 Å². The van der Waals surface area contributed by atoms with E-state index in [4.69, 9.17) is 14.0 Å². The molecule has 0 unspecified atom stereocenters. The van der Waals surface area contributed by atoms with Crippen LogP contribution in [0.5, 0.6) is 0 Å². The molecule has 0 amide bonds. The summed E-state index contributed by atoms with van der Waals surface area (Å²) in [6.45, 7) is 2.50. The summed E-state index contributed by atoms with van der Waals surface area (Å²) in [6.07, 6.45) is 2.98. The van der Waals surface area contributed by atoms with Crippen LogP contribution in [0, 0.1) is 0 Å². The maximum atomic E-state index is 11.0. The first-order valence-electron chi connectivity index (χ1n) is 5.45. The highest BCUT2D eigenvalue weighted by molar-refractivity contribution is 5.91. The van der Waals surface area contributed by atoms with E-state index in [0.29, 0.717) is 18.1 Å². The van der Waals surface area contributed by atoms with E-state index in [1.807, 2.05) is 0 Å². The van der Waals surface area contributed by atoms with Gasteiger partial charge in [-0.25, -0.2) is 0 Å². The van der Waals surface area contributed by atoms with Crippen molar-refractivity contribution in [1.29, 1.82) is 0 Å². The van der Waals surface area contributed by atoms with Gasteiger partial charge in [0.15, 0.2) is 17.8 Å². The first kappa shape index (κ1) is 11.3. The van der Waals surface area contributed by atoms with Gasteiger partial charge in [-0.05, 0) is 19.3 Å². The summed E-state index contributed by atoms with van der Waals surface area (Å²) in [5.74, 6) is 0.447. The number of hydrogen-bond acceptors (Lipinski definition) is 5. The fourth-order valence-corrected chi connectivity index (χ4v) is 1.56. The van der Waals surface area contributed by atoms with Gasteiger partial charge in [-0.2, -0.15) is 0 Å². The minimum Gasteiger partial charge on any atom is -0.358 e. The monoisotopic (exact) mass is 225 g/mol. The van der Waals surface area contributed by atoms with Gasteiger partial charge in [-0.15, -0.1) is 0 Å². The van der Waals surface area contributed by atoms with Crippen molar-refractivity contribution >= 4 is 5.78 Å². The van der Waals surface area contributed by atoms with Crippen molar-refractivity contribution in [2.75, 3.05) is 6.61 Å². The molecule has 1 aromatic rings. The molecular weight excluding hydrogens is 210 g/mol. The van der Waals surface area contributed by atoms with Crippen LogP contribution in [0.15, 0.2) is 10.6 Å². The van der Waals surface area contributed by atoms with E-state index in [9.17, 15) is 4.79 Å². The average molecular weight is 225 g/mol. The number of nitrogens with zero attached hydrogens (tertiary/aromatic N) is 1. The number of rotatable bonds is 4. The molecule has 0 radical (unpaired) electrons. The fourth-order valence-electron chi connectivity index (χ4n) is 1.56. The Kier molecular flexibility index (Phi) is 3.69. The van der Waals surface area contributed by atoms with Crippen LogP contribution >= 0.6 is 0 Å². The van der Waals surface area contributed by atoms with Crippen LogP contribution in [0.1, 0.15) is 42.4 Å². The van der Waals surface area contributed by atoms with Gasteiger partial charge in [0.2, 0.25) is 0 Å². The topological polar surface area (TPSA) is 61.6 Å². The van der Waals surface area contributed by atoms with E-state index in [0.717, 1.165) is 25.9 Å². The predicted octanol–water partition coefficient (Wildman–Crippen LogP) is 1.92. The molecule has 0 spiro atoms. The Morgan fingerprint density at radius 1 is 1.62 bits per heavy atom. The molecule has 5 nitrogen and oxygen atoms in total. The standard InChI is InChI=1S/C11H15NO4/c1-8(13)10-6-9(16-12-10)7-15-11-4-2-3-5-14-11/h6,11H,2-5,7H2,1H3/t11-/m0/s1. The van der Waals surface area contributed by atoms with Crippen molar-refractivity contribution < 1.29 is 18.8 Å². The Morgan fingerprint density at radius 2 is 2.50 bits per heavy atom. The van der Waals surface area contributed by atoms with E-state index in [1.165, 1.54) is 6.92 Å².